The molecule has 0 amide bonds. The molecule has 1 aromatic heterocycles. The van der Waals surface area contributed by atoms with Crippen LogP contribution in [0.4, 0.5) is 0 Å². The molecule has 0 aliphatic rings. The average Bonchev–Trinajstić information content (AvgIpc) is 3.39. The lowest BCUT2D eigenvalue weighted by atomic mass is 9.94. The monoisotopic (exact) mass is 496 g/mol. The van der Waals surface area contributed by atoms with Crippen LogP contribution in [0, 0.1) is 0 Å². The van der Waals surface area contributed by atoms with E-state index in [0.717, 1.165) is 28.1 Å². The fourth-order valence-electron chi connectivity index (χ4n) is 5.83. The Morgan fingerprint density at radius 3 is 2.10 bits per heavy atom. The van der Waals surface area contributed by atoms with Crippen LogP contribution in [-0.4, -0.2) is 9.55 Å². The summed E-state index contributed by atoms with van der Waals surface area (Å²) in [7, 11) is 0. The number of aromatic nitrogens is 2. The van der Waals surface area contributed by atoms with Crippen LogP contribution < -0.4 is 0 Å². The van der Waals surface area contributed by atoms with E-state index in [4.69, 9.17) is 4.98 Å². The summed E-state index contributed by atoms with van der Waals surface area (Å²) in [6, 6.07) is 52.1. The Kier molecular flexibility index (Phi) is 4.86. The second-order valence-corrected chi connectivity index (χ2v) is 10.1. The Morgan fingerprint density at radius 1 is 0.436 bits per heavy atom. The molecule has 0 spiro atoms. The average molecular weight is 497 g/mol. The van der Waals surface area contributed by atoms with Crippen molar-refractivity contribution in [3.8, 4) is 28.2 Å². The molecule has 8 aromatic rings. The van der Waals surface area contributed by atoms with Gasteiger partial charge in [0.15, 0.2) is 0 Å². The van der Waals surface area contributed by atoms with Crippen molar-refractivity contribution in [1.82, 2.24) is 9.55 Å². The molecule has 0 saturated carbocycles. The van der Waals surface area contributed by atoms with Gasteiger partial charge in [-0.05, 0) is 85.9 Å². The molecule has 0 radical (unpaired) electrons. The maximum absolute atomic E-state index is 5.02. The van der Waals surface area contributed by atoms with E-state index in [1.807, 2.05) is 12.1 Å². The summed E-state index contributed by atoms with van der Waals surface area (Å²) in [4.78, 5) is 5.02. The van der Waals surface area contributed by atoms with Gasteiger partial charge in [-0.3, -0.25) is 4.57 Å². The van der Waals surface area contributed by atoms with E-state index in [1.54, 1.807) is 0 Å². The van der Waals surface area contributed by atoms with Crippen molar-refractivity contribution in [3.05, 3.63) is 146 Å². The molecule has 8 rings (SSSR count). The van der Waals surface area contributed by atoms with E-state index in [0.29, 0.717) is 0 Å². The fourth-order valence-corrected chi connectivity index (χ4v) is 5.83. The third-order valence-corrected chi connectivity index (χ3v) is 7.73. The second-order valence-electron chi connectivity index (χ2n) is 10.1. The maximum Gasteiger partial charge on any atom is 0.145 e. The van der Waals surface area contributed by atoms with E-state index >= 15 is 0 Å². The molecule has 0 aliphatic heterocycles. The summed E-state index contributed by atoms with van der Waals surface area (Å²) in [5, 5.41) is 7.48. The maximum atomic E-state index is 5.02. The molecule has 2 nitrogen and oxygen atoms in total. The lowest BCUT2D eigenvalue weighted by Gasteiger charge is -2.13. The van der Waals surface area contributed by atoms with Crippen LogP contribution >= 0.6 is 0 Å². The van der Waals surface area contributed by atoms with E-state index in [1.165, 1.54) is 43.4 Å². The van der Waals surface area contributed by atoms with E-state index in [9.17, 15) is 0 Å². The summed E-state index contributed by atoms with van der Waals surface area (Å²) in [5.74, 6) is 0.954. The Balaban J connectivity index is 1.32. The van der Waals surface area contributed by atoms with Crippen LogP contribution in [0.3, 0.4) is 0 Å². The molecule has 1 heterocycles. The lowest BCUT2D eigenvalue weighted by molar-refractivity contribution is 1.11. The number of hydrogen-bond donors (Lipinski definition) is 0. The van der Waals surface area contributed by atoms with Crippen LogP contribution in [0.1, 0.15) is 0 Å². The van der Waals surface area contributed by atoms with Crippen molar-refractivity contribution < 1.29 is 0 Å². The molecule has 7 aromatic carbocycles. The largest absolute Gasteiger partial charge is 0.292 e. The number of hydrogen-bond acceptors (Lipinski definition) is 1. The van der Waals surface area contributed by atoms with Crippen molar-refractivity contribution in [2.75, 3.05) is 0 Å². The van der Waals surface area contributed by atoms with Gasteiger partial charge in [-0.1, -0.05) is 103 Å². The van der Waals surface area contributed by atoms with Gasteiger partial charge >= 0.3 is 0 Å². The van der Waals surface area contributed by atoms with Gasteiger partial charge in [-0.25, -0.2) is 4.98 Å². The fraction of sp³-hybridized carbons (Fsp3) is 0. The Labute approximate surface area is 226 Å². The van der Waals surface area contributed by atoms with Crippen LogP contribution in [-0.2, 0) is 0 Å². The van der Waals surface area contributed by atoms with Gasteiger partial charge in [0.2, 0.25) is 0 Å². The summed E-state index contributed by atoms with van der Waals surface area (Å²) in [5.41, 5.74) is 6.82. The highest BCUT2D eigenvalue weighted by molar-refractivity contribution is 6.06. The van der Waals surface area contributed by atoms with E-state index in [-0.39, 0.29) is 0 Å². The van der Waals surface area contributed by atoms with Crippen LogP contribution in [0.15, 0.2) is 146 Å². The van der Waals surface area contributed by atoms with Gasteiger partial charge in [0.25, 0.3) is 0 Å². The van der Waals surface area contributed by atoms with Crippen molar-refractivity contribution in [2.24, 2.45) is 0 Å². The number of imidazole rings is 1. The van der Waals surface area contributed by atoms with E-state index < -0.39 is 0 Å². The first-order chi connectivity index (χ1) is 19.3. The molecule has 182 valence electrons. The normalized spacial score (nSPS) is 11.6. The Morgan fingerprint density at radius 2 is 1.18 bits per heavy atom. The zero-order chi connectivity index (χ0) is 25.8. The highest BCUT2D eigenvalue weighted by Gasteiger charge is 2.15. The summed E-state index contributed by atoms with van der Waals surface area (Å²) in [6.45, 7) is 0. The summed E-state index contributed by atoms with van der Waals surface area (Å²) in [6.07, 6.45) is 0. The molecule has 0 unspecified atom stereocenters. The summed E-state index contributed by atoms with van der Waals surface area (Å²) >= 11 is 0. The molecular weight excluding hydrogens is 472 g/mol. The van der Waals surface area contributed by atoms with Crippen molar-refractivity contribution in [2.45, 2.75) is 0 Å². The number of nitrogens with zero attached hydrogens (tertiary/aromatic N) is 2. The minimum atomic E-state index is 0.954. The first kappa shape index (κ1) is 21.8. The highest BCUT2D eigenvalue weighted by Crippen LogP contribution is 2.35. The number of rotatable bonds is 3. The second kappa shape index (κ2) is 8.68. The zero-order valence-electron chi connectivity index (χ0n) is 21.3. The molecule has 2 heteroatoms. The van der Waals surface area contributed by atoms with Crippen molar-refractivity contribution in [1.29, 1.82) is 0 Å². The molecule has 0 fully saturated rings. The standard InChI is InChI=1S/C37H24N2/c1-2-10-26(11-3-1)37-38-35-15-6-7-16-36(35)39(37)32-20-19-28-24-34-29(22-31(28)23-32)13-8-14-33(34)30-18-17-25-9-4-5-12-27(25)21-30/h1-24H. The van der Waals surface area contributed by atoms with Gasteiger partial charge in [-0.2, -0.15) is 0 Å². The smallest absolute Gasteiger partial charge is 0.145 e. The first-order valence-electron chi connectivity index (χ1n) is 13.3. The van der Waals surface area contributed by atoms with Crippen LogP contribution in [0.2, 0.25) is 0 Å². The van der Waals surface area contributed by atoms with E-state index in [2.05, 4.69) is 138 Å². The molecule has 0 N–H and O–H groups in total. The number of benzene rings is 7. The Hall–Kier alpha value is -5.21. The zero-order valence-corrected chi connectivity index (χ0v) is 21.3. The van der Waals surface area contributed by atoms with Crippen LogP contribution in [0.5, 0.6) is 0 Å². The molecular formula is C37H24N2. The van der Waals surface area contributed by atoms with Gasteiger partial charge in [-0.15, -0.1) is 0 Å². The van der Waals surface area contributed by atoms with Gasteiger partial charge in [0.1, 0.15) is 5.82 Å². The third-order valence-electron chi connectivity index (χ3n) is 7.73. The molecule has 0 atom stereocenters. The number of para-hydroxylation sites is 2. The topological polar surface area (TPSA) is 17.8 Å². The molecule has 0 bridgehead atoms. The van der Waals surface area contributed by atoms with Gasteiger partial charge in [0.05, 0.1) is 11.0 Å². The lowest BCUT2D eigenvalue weighted by Crippen LogP contribution is -1.97. The summed E-state index contributed by atoms with van der Waals surface area (Å²) < 4.78 is 2.28. The molecule has 0 aliphatic carbocycles. The minimum absolute atomic E-state index is 0.954. The minimum Gasteiger partial charge on any atom is -0.292 e. The van der Waals surface area contributed by atoms with Crippen molar-refractivity contribution >= 4 is 43.4 Å². The molecule has 0 saturated heterocycles. The third kappa shape index (κ3) is 3.61. The Bertz CT molecular complexity index is 2170. The number of fused-ring (bicyclic) bond motifs is 4. The predicted molar refractivity (Wildman–Crippen MR) is 164 cm³/mol. The van der Waals surface area contributed by atoms with Crippen molar-refractivity contribution in [3.63, 3.8) is 0 Å². The SMILES string of the molecule is c1ccc(-c2nc3ccccc3n2-c2ccc3cc4c(-c5ccc6ccccc6c5)cccc4cc3c2)cc1. The van der Waals surface area contributed by atoms with Gasteiger partial charge in [0, 0.05) is 11.3 Å². The predicted octanol–water partition coefficient (Wildman–Crippen LogP) is 9.82. The van der Waals surface area contributed by atoms with Gasteiger partial charge < -0.3 is 0 Å². The first-order valence-corrected chi connectivity index (χ1v) is 13.3. The molecule has 39 heavy (non-hydrogen) atoms. The quantitative estimate of drug-likeness (QED) is 0.223. The van der Waals surface area contributed by atoms with Crippen LogP contribution in [0.25, 0.3) is 71.6 Å². The highest BCUT2D eigenvalue weighted by atomic mass is 15.1.